The zero-order valence-electron chi connectivity index (χ0n) is 27.1. The third-order valence-electron chi connectivity index (χ3n) is 9.67. The highest BCUT2D eigenvalue weighted by Crippen LogP contribution is 2.49. The summed E-state index contributed by atoms with van der Waals surface area (Å²) in [5.41, 5.74) is 0.364. The normalized spacial score (nSPS) is 20.2. The number of amides is 1. The molecule has 3 aliphatic rings. The summed E-state index contributed by atoms with van der Waals surface area (Å²) in [5, 5.41) is 0.883. The fourth-order valence-electron chi connectivity index (χ4n) is 7.02. The van der Waals surface area contributed by atoms with Crippen molar-refractivity contribution in [3.63, 3.8) is 0 Å². The van der Waals surface area contributed by atoms with Gasteiger partial charge in [-0.05, 0) is 59.7 Å². The van der Waals surface area contributed by atoms with Gasteiger partial charge in [0, 0.05) is 62.4 Å². The predicted octanol–water partition coefficient (Wildman–Crippen LogP) is 4.92. The number of hydrogen-bond acceptors (Lipinski definition) is 7. The molecule has 14 heteroatoms. The minimum atomic E-state index is -4.60. The number of rotatable bonds is 8. The number of piperazine rings is 1. The molecule has 0 radical (unpaired) electrons. The lowest BCUT2D eigenvalue weighted by molar-refractivity contribution is 0.0293. The van der Waals surface area contributed by atoms with Crippen LogP contribution in [-0.4, -0.2) is 99.2 Å². The Morgan fingerprint density at radius 3 is 1.90 bits per heavy atom. The summed E-state index contributed by atoms with van der Waals surface area (Å²) in [4.78, 5) is 34.4. The Balaban J connectivity index is 1.27. The molecule has 1 aromatic heterocycles. The van der Waals surface area contributed by atoms with Gasteiger partial charge in [-0.25, -0.2) is 17.1 Å². The van der Waals surface area contributed by atoms with Gasteiger partial charge < -0.3 is 9.64 Å². The molecule has 50 heavy (non-hydrogen) atoms. The number of pyridine rings is 1. The van der Waals surface area contributed by atoms with Crippen molar-refractivity contribution in [2.24, 2.45) is 0 Å². The van der Waals surface area contributed by atoms with E-state index in [9.17, 15) is 18.0 Å². The van der Waals surface area contributed by atoms with Crippen molar-refractivity contribution >= 4 is 45.0 Å². The first kappa shape index (κ1) is 34.7. The number of aromatic nitrogens is 1. The van der Waals surface area contributed by atoms with Crippen molar-refractivity contribution < 1.29 is 22.3 Å². The van der Waals surface area contributed by atoms with Crippen LogP contribution in [0.1, 0.15) is 33.6 Å². The average molecular weight is 741 g/mol. The second-order valence-corrected chi connectivity index (χ2v) is 15.2. The van der Waals surface area contributed by atoms with Gasteiger partial charge in [-0.3, -0.25) is 24.0 Å². The predicted molar refractivity (Wildman–Crippen MR) is 190 cm³/mol. The average Bonchev–Trinajstić information content (AvgIpc) is 3.49. The van der Waals surface area contributed by atoms with E-state index >= 15 is 4.39 Å². The quantitative estimate of drug-likeness (QED) is 0.253. The van der Waals surface area contributed by atoms with Crippen molar-refractivity contribution in [1.82, 2.24) is 19.3 Å². The van der Waals surface area contributed by atoms with Crippen LogP contribution in [0.5, 0.6) is 0 Å². The Kier molecular flexibility index (Phi) is 10.0. The molecule has 2 saturated heterocycles. The van der Waals surface area contributed by atoms with E-state index in [0.29, 0.717) is 47.4 Å². The van der Waals surface area contributed by atoms with Gasteiger partial charge in [-0.2, -0.15) is 0 Å². The monoisotopic (exact) mass is 739 g/mol. The van der Waals surface area contributed by atoms with Crippen LogP contribution in [0.15, 0.2) is 94.6 Å². The number of hydrogen-bond donors (Lipinski definition) is 0. The minimum Gasteiger partial charge on any atom is -0.379 e. The van der Waals surface area contributed by atoms with E-state index in [2.05, 4.69) is 9.80 Å². The molecule has 2 atom stereocenters. The highest BCUT2D eigenvalue weighted by Gasteiger charge is 2.48. The first-order valence-electron chi connectivity index (χ1n) is 16.5. The molecule has 2 fully saturated rings. The van der Waals surface area contributed by atoms with E-state index in [1.54, 1.807) is 53.4 Å². The van der Waals surface area contributed by atoms with Gasteiger partial charge in [0.25, 0.3) is 21.5 Å². The lowest BCUT2D eigenvalue weighted by Gasteiger charge is -2.36. The summed E-state index contributed by atoms with van der Waals surface area (Å²) in [6, 6.07) is 19.3. The Morgan fingerprint density at radius 2 is 1.30 bits per heavy atom. The number of carbonyl (C=O) groups is 1. The fourth-order valence-corrected chi connectivity index (χ4v) is 8.98. The molecule has 4 aromatic rings. The number of benzene rings is 3. The van der Waals surface area contributed by atoms with E-state index < -0.39 is 44.3 Å². The van der Waals surface area contributed by atoms with Crippen molar-refractivity contribution in [1.29, 1.82) is 0 Å². The number of halogens is 3. The fraction of sp³-hybridized carbons (Fsp3) is 0.333. The van der Waals surface area contributed by atoms with Crippen LogP contribution in [-0.2, 0) is 14.8 Å². The molecule has 0 aliphatic carbocycles. The minimum absolute atomic E-state index is 0.00244. The smallest absolute Gasteiger partial charge is 0.269 e. The second-order valence-electron chi connectivity index (χ2n) is 12.6. The molecule has 10 nitrogen and oxygen atoms in total. The molecule has 1 amide bonds. The van der Waals surface area contributed by atoms with Gasteiger partial charge in [0.05, 0.1) is 25.3 Å². The number of morpholine rings is 1. The highest BCUT2D eigenvalue weighted by molar-refractivity contribution is 7.92. The molecule has 0 spiro atoms. The van der Waals surface area contributed by atoms with Crippen LogP contribution < -0.4 is 9.86 Å². The second kappa shape index (κ2) is 14.5. The number of sulfonamides is 1. The molecular weight excluding hydrogens is 704 g/mol. The third kappa shape index (κ3) is 6.68. The number of ether oxygens (including phenoxy) is 1. The standard InChI is InChI=1S/C36H36Cl2FN5O5S/c37-27-9-5-25(6-10-27)33-34(26-7-11-28(38)12-8-26)44(50(47,48)31-4-2-1-3-30(31)39)32-14-13-29(36(46)43(32)33)35(45)42-19-17-40(18-20-42)15-16-41-21-23-49-24-22-41/h1-14,33-34H,15-24H2. The maximum Gasteiger partial charge on any atom is 0.269 e. The van der Waals surface area contributed by atoms with Crippen LogP contribution >= 0.6 is 23.2 Å². The van der Waals surface area contributed by atoms with Crippen molar-refractivity contribution in [2.45, 2.75) is 17.0 Å². The molecule has 262 valence electrons. The largest absolute Gasteiger partial charge is 0.379 e. The molecule has 0 N–H and O–H groups in total. The zero-order chi connectivity index (χ0) is 35.0. The Hall–Kier alpha value is -3.78. The molecule has 2 unspecified atom stereocenters. The van der Waals surface area contributed by atoms with E-state index in [1.165, 1.54) is 34.9 Å². The summed E-state index contributed by atoms with van der Waals surface area (Å²) < 4.78 is 52.1. The molecule has 3 aliphatic heterocycles. The van der Waals surface area contributed by atoms with Gasteiger partial charge in [0.2, 0.25) is 0 Å². The summed E-state index contributed by atoms with van der Waals surface area (Å²) in [6.45, 7) is 7.35. The third-order valence-corrected chi connectivity index (χ3v) is 12.0. The van der Waals surface area contributed by atoms with Crippen LogP contribution in [0.3, 0.4) is 0 Å². The zero-order valence-corrected chi connectivity index (χ0v) is 29.5. The number of nitrogens with zero attached hydrogens (tertiary/aromatic N) is 5. The van der Waals surface area contributed by atoms with Crippen molar-refractivity contribution in [3.8, 4) is 0 Å². The van der Waals surface area contributed by atoms with E-state index in [0.717, 1.165) is 49.8 Å². The van der Waals surface area contributed by atoms with Crippen LogP contribution in [0.25, 0.3) is 0 Å². The molecule has 3 aromatic carbocycles. The Morgan fingerprint density at radius 1 is 0.740 bits per heavy atom. The molecular formula is C36H36Cl2FN5O5S. The maximum absolute atomic E-state index is 15.2. The summed E-state index contributed by atoms with van der Waals surface area (Å²) in [6.07, 6.45) is 0. The lowest BCUT2D eigenvalue weighted by Crippen LogP contribution is -2.51. The van der Waals surface area contributed by atoms with Gasteiger partial charge in [0.1, 0.15) is 22.1 Å². The van der Waals surface area contributed by atoms with Crippen molar-refractivity contribution in [3.05, 3.63) is 128 Å². The molecule has 0 saturated carbocycles. The maximum atomic E-state index is 15.2. The summed E-state index contributed by atoms with van der Waals surface area (Å²) in [7, 11) is -4.60. The van der Waals surface area contributed by atoms with Crippen LogP contribution in [0.2, 0.25) is 10.0 Å². The molecule has 4 heterocycles. The first-order chi connectivity index (χ1) is 24.1. The topological polar surface area (TPSA) is 95.4 Å². The Bertz CT molecular complexity index is 2030. The van der Waals surface area contributed by atoms with Gasteiger partial charge in [0.15, 0.2) is 0 Å². The molecule has 0 bridgehead atoms. The van der Waals surface area contributed by atoms with Crippen LogP contribution in [0, 0.1) is 5.82 Å². The van der Waals surface area contributed by atoms with Crippen molar-refractivity contribution in [2.75, 3.05) is 69.9 Å². The molecule has 7 rings (SSSR count). The number of carbonyl (C=O) groups excluding carboxylic acids is 1. The lowest BCUT2D eigenvalue weighted by atomic mass is 9.94. The SMILES string of the molecule is O=C(c1ccc2n(c1=O)C(c1ccc(Cl)cc1)C(c1ccc(Cl)cc1)N2S(=O)(=O)c1ccccc1F)N1CCN(CCN2CCOCC2)CC1. The summed E-state index contributed by atoms with van der Waals surface area (Å²) >= 11 is 12.5. The van der Waals surface area contributed by atoms with E-state index in [4.69, 9.17) is 27.9 Å². The van der Waals surface area contributed by atoms with Gasteiger partial charge in [-0.1, -0.05) is 59.6 Å². The van der Waals surface area contributed by atoms with Gasteiger partial charge >= 0.3 is 0 Å². The van der Waals surface area contributed by atoms with E-state index in [-0.39, 0.29) is 11.4 Å². The first-order valence-corrected chi connectivity index (χ1v) is 18.7. The summed E-state index contributed by atoms with van der Waals surface area (Å²) in [5.74, 6) is -1.35. The van der Waals surface area contributed by atoms with Crippen LogP contribution in [0.4, 0.5) is 10.2 Å². The highest BCUT2D eigenvalue weighted by atomic mass is 35.5. The Labute approximate surface area is 300 Å². The van der Waals surface area contributed by atoms with E-state index in [1.807, 2.05) is 0 Å². The number of anilines is 1. The number of fused-ring (bicyclic) bond motifs is 1. The van der Waals surface area contributed by atoms with Gasteiger partial charge in [-0.15, -0.1) is 0 Å².